The van der Waals surface area contributed by atoms with Gasteiger partial charge in [-0.1, -0.05) is 12.1 Å². The zero-order valence-corrected chi connectivity index (χ0v) is 19.5. The maximum absolute atomic E-state index is 14.7. The van der Waals surface area contributed by atoms with Crippen LogP contribution >= 0.6 is 0 Å². The molecule has 1 atom stereocenters. The number of methoxy groups -OCH3 is 1. The number of nitrogens with zero attached hydrogens (tertiary/aromatic N) is 4. The van der Waals surface area contributed by atoms with Gasteiger partial charge in [0.1, 0.15) is 17.5 Å². The molecule has 1 N–H and O–H groups in total. The summed E-state index contributed by atoms with van der Waals surface area (Å²) in [6.45, 7) is 5.19. The largest absolute Gasteiger partial charge is 0.481 e. The Morgan fingerprint density at radius 2 is 1.85 bits per heavy atom. The van der Waals surface area contributed by atoms with Gasteiger partial charge in [0.15, 0.2) is 5.65 Å². The van der Waals surface area contributed by atoms with Gasteiger partial charge in [-0.05, 0) is 64.9 Å². The fourth-order valence-electron chi connectivity index (χ4n) is 4.43. The summed E-state index contributed by atoms with van der Waals surface area (Å²) < 4.78 is 59.9. The lowest BCUT2D eigenvalue weighted by Crippen LogP contribution is -2.29. The number of aryl methyl sites for hydroxylation is 1. The number of rotatable bonds is 5. The molecule has 0 saturated carbocycles. The Hall–Kier alpha value is -3.01. The monoisotopic (exact) mass is 477 g/mol. The summed E-state index contributed by atoms with van der Waals surface area (Å²) in [5.74, 6) is 0.264. The smallest absolute Gasteiger partial charge is 0.419 e. The Labute approximate surface area is 195 Å². The molecular weight excluding hydrogens is 450 g/mol. The lowest BCUT2D eigenvalue weighted by Gasteiger charge is -2.29. The lowest BCUT2D eigenvalue weighted by atomic mass is 9.89. The Kier molecular flexibility index (Phi) is 6.62. The summed E-state index contributed by atoms with van der Waals surface area (Å²) in [7, 11) is 3.65. The molecule has 1 saturated heterocycles. The second kappa shape index (κ2) is 9.32. The number of pyridine rings is 1. The molecule has 0 spiro atoms. The van der Waals surface area contributed by atoms with Crippen LogP contribution in [0.15, 0.2) is 24.3 Å². The number of piperidine rings is 1. The van der Waals surface area contributed by atoms with E-state index in [1.165, 1.54) is 12.1 Å². The number of hydrogen-bond donors (Lipinski definition) is 1. The first kappa shape index (κ1) is 24.1. The van der Waals surface area contributed by atoms with Crippen LogP contribution in [0.2, 0.25) is 0 Å². The van der Waals surface area contributed by atoms with Crippen molar-refractivity contribution in [1.82, 2.24) is 19.9 Å². The van der Waals surface area contributed by atoms with Crippen molar-refractivity contribution < 1.29 is 22.3 Å². The van der Waals surface area contributed by atoms with Crippen molar-refractivity contribution in [2.24, 2.45) is 0 Å². The predicted octanol–water partition coefficient (Wildman–Crippen LogP) is 5.48. The summed E-state index contributed by atoms with van der Waals surface area (Å²) >= 11 is 0. The van der Waals surface area contributed by atoms with Gasteiger partial charge in [-0.25, -0.2) is 14.4 Å². The zero-order valence-electron chi connectivity index (χ0n) is 19.5. The van der Waals surface area contributed by atoms with Crippen LogP contribution in [0.3, 0.4) is 0 Å². The standard InChI is InChI=1S/C24H27F4N5O/c1-13(16-6-5-7-19(20(16)25)24(26,27)28)29-21-18-12-17(15-8-10-33(3)11-9-15)23(34-4)32-22(18)31-14(2)30-21/h5-7,12-13,15H,8-11H2,1-4H3,(H,29,30,31,32)/t13-/m1/s1. The van der Waals surface area contributed by atoms with Crippen molar-refractivity contribution >= 4 is 16.9 Å². The van der Waals surface area contributed by atoms with Gasteiger partial charge < -0.3 is 15.0 Å². The minimum absolute atomic E-state index is 0.101. The van der Waals surface area contributed by atoms with Gasteiger partial charge in [-0.15, -0.1) is 0 Å². The first-order valence-electron chi connectivity index (χ1n) is 11.1. The van der Waals surface area contributed by atoms with Gasteiger partial charge in [0.05, 0.1) is 24.1 Å². The predicted molar refractivity (Wildman–Crippen MR) is 122 cm³/mol. The maximum Gasteiger partial charge on any atom is 0.419 e. The summed E-state index contributed by atoms with van der Waals surface area (Å²) in [5.41, 5.74) is -0.0497. The number of fused-ring (bicyclic) bond motifs is 1. The molecule has 1 fully saturated rings. The molecule has 1 aliphatic heterocycles. The molecule has 6 nitrogen and oxygen atoms in total. The van der Waals surface area contributed by atoms with Crippen molar-refractivity contribution in [3.05, 3.63) is 52.6 Å². The minimum Gasteiger partial charge on any atom is -0.481 e. The second-order valence-electron chi connectivity index (χ2n) is 8.73. The van der Waals surface area contributed by atoms with E-state index >= 15 is 0 Å². The van der Waals surface area contributed by atoms with E-state index in [-0.39, 0.29) is 11.5 Å². The number of anilines is 1. The van der Waals surface area contributed by atoms with Gasteiger partial charge in [0.2, 0.25) is 5.88 Å². The highest BCUT2D eigenvalue weighted by atomic mass is 19.4. The first-order valence-corrected chi connectivity index (χ1v) is 11.1. The van der Waals surface area contributed by atoms with E-state index < -0.39 is 23.6 Å². The molecule has 1 aliphatic rings. The molecule has 4 rings (SSSR count). The second-order valence-corrected chi connectivity index (χ2v) is 8.73. The third-order valence-corrected chi connectivity index (χ3v) is 6.30. The van der Waals surface area contributed by atoms with Crippen molar-refractivity contribution in [1.29, 1.82) is 0 Å². The number of aromatic nitrogens is 3. The molecular formula is C24H27F4N5O. The number of alkyl halides is 3. The molecule has 182 valence electrons. The Morgan fingerprint density at radius 1 is 1.15 bits per heavy atom. The van der Waals surface area contributed by atoms with E-state index in [1.54, 1.807) is 21.0 Å². The Bertz CT molecular complexity index is 1190. The van der Waals surface area contributed by atoms with E-state index in [2.05, 4.69) is 32.2 Å². The molecule has 2 aromatic heterocycles. The summed E-state index contributed by atoms with van der Waals surface area (Å²) in [4.78, 5) is 15.7. The number of halogens is 4. The normalized spacial score (nSPS) is 16.6. The Morgan fingerprint density at radius 3 is 2.50 bits per heavy atom. The van der Waals surface area contributed by atoms with Crippen LogP contribution in [0.1, 0.15) is 54.2 Å². The van der Waals surface area contributed by atoms with E-state index in [4.69, 9.17) is 4.74 Å². The van der Waals surface area contributed by atoms with E-state index in [0.717, 1.165) is 37.6 Å². The molecule has 3 aromatic rings. The van der Waals surface area contributed by atoms with E-state index in [9.17, 15) is 17.6 Å². The topological polar surface area (TPSA) is 63.2 Å². The summed E-state index contributed by atoms with van der Waals surface area (Å²) in [6, 6.07) is 4.43. The molecule has 1 aromatic carbocycles. The number of hydrogen-bond acceptors (Lipinski definition) is 6. The molecule has 10 heteroatoms. The first-order chi connectivity index (χ1) is 16.1. The molecule has 0 aliphatic carbocycles. The van der Waals surface area contributed by atoms with Crippen molar-refractivity contribution in [3.8, 4) is 5.88 Å². The fourth-order valence-corrected chi connectivity index (χ4v) is 4.43. The van der Waals surface area contributed by atoms with Gasteiger partial charge in [-0.2, -0.15) is 18.2 Å². The molecule has 0 radical (unpaired) electrons. The average molecular weight is 478 g/mol. The van der Waals surface area contributed by atoms with Crippen molar-refractivity contribution in [2.45, 2.75) is 44.8 Å². The third kappa shape index (κ3) is 4.77. The van der Waals surface area contributed by atoms with Crippen molar-refractivity contribution in [3.63, 3.8) is 0 Å². The van der Waals surface area contributed by atoms with Crippen LogP contribution in [-0.2, 0) is 6.18 Å². The highest BCUT2D eigenvalue weighted by Crippen LogP contribution is 2.38. The highest BCUT2D eigenvalue weighted by molar-refractivity contribution is 5.88. The highest BCUT2D eigenvalue weighted by Gasteiger charge is 2.35. The SMILES string of the molecule is COc1nc2nc(C)nc(N[C@H](C)c3cccc(C(F)(F)F)c3F)c2cc1C1CCN(C)CC1. The molecule has 0 amide bonds. The van der Waals surface area contributed by atoms with Gasteiger partial charge in [0, 0.05) is 11.1 Å². The molecule has 3 heterocycles. The van der Waals surface area contributed by atoms with Crippen LogP contribution in [-0.4, -0.2) is 47.1 Å². The van der Waals surface area contributed by atoms with Crippen LogP contribution in [0.4, 0.5) is 23.4 Å². The Balaban J connectivity index is 1.75. The van der Waals surface area contributed by atoms with Gasteiger partial charge in [0.25, 0.3) is 0 Å². The maximum atomic E-state index is 14.7. The average Bonchev–Trinajstić information content (AvgIpc) is 2.78. The third-order valence-electron chi connectivity index (χ3n) is 6.30. The minimum atomic E-state index is -4.78. The molecule has 34 heavy (non-hydrogen) atoms. The van der Waals surface area contributed by atoms with Crippen LogP contribution in [0.5, 0.6) is 5.88 Å². The molecule has 0 unspecified atom stereocenters. The summed E-state index contributed by atoms with van der Waals surface area (Å²) in [6.07, 6.45) is -2.88. The quantitative estimate of drug-likeness (QED) is 0.491. The number of likely N-dealkylation sites (tertiary alicyclic amines) is 1. The zero-order chi connectivity index (χ0) is 24.6. The molecule has 0 bridgehead atoms. The van der Waals surface area contributed by atoms with Crippen LogP contribution in [0, 0.1) is 12.7 Å². The van der Waals surface area contributed by atoms with Gasteiger partial charge in [-0.3, -0.25) is 0 Å². The van der Waals surface area contributed by atoms with Crippen molar-refractivity contribution in [2.75, 3.05) is 32.6 Å². The summed E-state index contributed by atoms with van der Waals surface area (Å²) in [5, 5.41) is 3.70. The van der Waals surface area contributed by atoms with E-state index in [0.29, 0.717) is 28.6 Å². The number of nitrogens with one attached hydrogen (secondary N) is 1. The lowest BCUT2D eigenvalue weighted by molar-refractivity contribution is -0.140. The van der Waals surface area contributed by atoms with Gasteiger partial charge >= 0.3 is 6.18 Å². The number of benzene rings is 1. The van der Waals surface area contributed by atoms with Crippen LogP contribution in [0.25, 0.3) is 11.0 Å². The fraction of sp³-hybridized carbons (Fsp3) is 0.458. The van der Waals surface area contributed by atoms with Crippen LogP contribution < -0.4 is 10.1 Å². The van der Waals surface area contributed by atoms with E-state index in [1.807, 2.05) is 6.07 Å². The number of ether oxygens (including phenoxy) is 1.